The Morgan fingerprint density at radius 3 is 2.67 bits per heavy atom. The van der Waals surface area contributed by atoms with Gasteiger partial charge in [0.25, 0.3) is 5.91 Å². The van der Waals surface area contributed by atoms with Gasteiger partial charge in [0.05, 0.1) is 10.6 Å². The Kier molecular flexibility index (Phi) is 6.58. The van der Waals surface area contributed by atoms with Crippen molar-refractivity contribution >= 4 is 29.3 Å². The second kappa shape index (κ2) is 7.70. The summed E-state index contributed by atoms with van der Waals surface area (Å²) < 4.78 is 0. The molecule has 1 aromatic rings. The highest BCUT2D eigenvalue weighted by Gasteiger charge is 2.17. The molecule has 1 rings (SSSR count). The van der Waals surface area contributed by atoms with Crippen LogP contribution in [-0.2, 0) is 0 Å². The number of benzene rings is 1. The van der Waals surface area contributed by atoms with E-state index in [0.717, 1.165) is 30.8 Å². The van der Waals surface area contributed by atoms with Crippen molar-refractivity contribution in [3.63, 3.8) is 0 Å². The highest BCUT2D eigenvalue weighted by molar-refractivity contribution is 7.98. The molecule has 0 aliphatic heterocycles. The van der Waals surface area contributed by atoms with Crippen LogP contribution in [0.5, 0.6) is 0 Å². The van der Waals surface area contributed by atoms with Crippen LogP contribution in [0.4, 0.5) is 0 Å². The Morgan fingerprint density at radius 1 is 1.39 bits per heavy atom. The summed E-state index contributed by atoms with van der Waals surface area (Å²) in [4.78, 5) is 15.3. The Balaban J connectivity index is 2.93. The third-order valence-corrected chi connectivity index (χ3v) is 3.91. The van der Waals surface area contributed by atoms with Crippen molar-refractivity contribution in [3.8, 4) is 0 Å². The number of carbonyl (C=O) groups excluding carboxylic acids is 1. The molecule has 4 heteroatoms. The van der Waals surface area contributed by atoms with Gasteiger partial charge in [-0.05, 0) is 37.8 Å². The molecule has 2 nitrogen and oxygen atoms in total. The molecule has 0 radical (unpaired) electrons. The van der Waals surface area contributed by atoms with E-state index in [9.17, 15) is 4.79 Å². The number of rotatable bonds is 6. The first-order chi connectivity index (χ1) is 8.63. The largest absolute Gasteiger partial charge is 0.339 e. The first-order valence-corrected chi connectivity index (χ1v) is 7.87. The fraction of sp³-hybridized carbons (Fsp3) is 0.500. The van der Waals surface area contributed by atoms with E-state index in [1.807, 2.05) is 30.2 Å². The molecule has 18 heavy (non-hydrogen) atoms. The highest BCUT2D eigenvalue weighted by Crippen LogP contribution is 2.24. The summed E-state index contributed by atoms with van der Waals surface area (Å²) in [6.07, 6.45) is 4.11. The van der Waals surface area contributed by atoms with Crippen LogP contribution in [0.2, 0.25) is 5.02 Å². The van der Waals surface area contributed by atoms with Crippen LogP contribution in [0, 0.1) is 0 Å². The minimum absolute atomic E-state index is 0.0341. The van der Waals surface area contributed by atoms with Crippen LogP contribution >= 0.6 is 23.4 Å². The SMILES string of the molecule is CCCCN(CC)C(=O)c1cc(SC)ccc1Cl. The zero-order chi connectivity index (χ0) is 13.5. The topological polar surface area (TPSA) is 20.3 Å². The minimum atomic E-state index is 0.0341. The number of amides is 1. The summed E-state index contributed by atoms with van der Waals surface area (Å²) in [6, 6.07) is 5.62. The van der Waals surface area contributed by atoms with Crippen molar-refractivity contribution < 1.29 is 4.79 Å². The van der Waals surface area contributed by atoms with Crippen LogP contribution in [0.1, 0.15) is 37.0 Å². The maximum atomic E-state index is 12.4. The molecule has 0 aliphatic carbocycles. The number of hydrogen-bond acceptors (Lipinski definition) is 2. The van der Waals surface area contributed by atoms with Crippen molar-refractivity contribution in [1.29, 1.82) is 0 Å². The molecule has 0 bridgehead atoms. The molecule has 1 aromatic carbocycles. The summed E-state index contributed by atoms with van der Waals surface area (Å²) in [7, 11) is 0. The van der Waals surface area contributed by atoms with Crippen LogP contribution < -0.4 is 0 Å². The highest BCUT2D eigenvalue weighted by atomic mass is 35.5. The predicted octanol–water partition coefficient (Wildman–Crippen LogP) is 4.32. The standard InChI is InChI=1S/C14H20ClNOS/c1-4-6-9-16(5-2)14(17)12-10-11(18-3)7-8-13(12)15/h7-8,10H,4-6,9H2,1-3H3. The molecule has 0 aliphatic rings. The lowest BCUT2D eigenvalue weighted by Gasteiger charge is -2.21. The van der Waals surface area contributed by atoms with E-state index < -0.39 is 0 Å². The van der Waals surface area contributed by atoms with Gasteiger partial charge in [0.1, 0.15) is 0 Å². The lowest BCUT2D eigenvalue weighted by atomic mass is 10.2. The number of nitrogens with zero attached hydrogens (tertiary/aromatic N) is 1. The van der Waals surface area contributed by atoms with Gasteiger partial charge in [-0.3, -0.25) is 4.79 Å². The number of halogens is 1. The van der Waals surface area contributed by atoms with Crippen molar-refractivity contribution in [2.75, 3.05) is 19.3 Å². The molecule has 0 spiro atoms. The fourth-order valence-electron chi connectivity index (χ4n) is 1.72. The number of thioether (sulfide) groups is 1. The quantitative estimate of drug-likeness (QED) is 0.725. The summed E-state index contributed by atoms with van der Waals surface area (Å²) in [5.41, 5.74) is 0.612. The fourth-order valence-corrected chi connectivity index (χ4v) is 2.36. The Labute approximate surface area is 119 Å². The number of carbonyl (C=O) groups is 1. The molecule has 0 fully saturated rings. The van der Waals surface area contributed by atoms with E-state index in [1.165, 1.54) is 0 Å². The molecule has 0 unspecified atom stereocenters. The maximum Gasteiger partial charge on any atom is 0.255 e. The van der Waals surface area contributed by atoms with Crippen LogP contribution in [0.15, 0.2) is 23.1 Å². The zero-order valence-corrected chi connectivity index (χ0v) is 12.8. The maximum absolute atomic E-state index is 12.4. The Morgan fingerprint density at radius 2 is 2.11 bits per heavy atom. The van der Waals surface area contributed by atoms with Crippen molar-refractivity contribution in [3.05, 3.63) is 28.8 Å². The summed E-state index contributed by atoms with van der Waals surface area (Å²) in [5, 5.41) is 0.535. The third-order valence-electron chi connectivity index (χ3n) is 2.85. The predicted molar refractivity (Wildman–Crippen MR) is 79.7 cm³/mol. The van der Waals surface area contributed by atoms with E-state index in [2.05, 4.69) is 6.92 Å². The molecule has 0 N–H and O–H groups in total. The van der Waals surface area contributed by atoms with Gasteiger partial charge in [-0.15, -0.1) is 11.8 Å². The van der Waals surface area contributed by atoms with E-state index in [-0.39, 0.29) is 5.91 Å². The molecular weight excluding hydrogens is 266 g/mol. The molecule has 0 heterocycles. The van der Waals surface area contributed by atoms with Crippen LogP contribution in [0.25, 0.3) is 0 Å². The van der Waals surface area contributed by atoms with Crippen molar-refractivity contribution in [2.45, 2.75) is 31.6 Å². The number of unbranched alkanes of at least 4 members (excludes halogenated alkanes) is 1. The Bertz CT molecular complexity index is 409. The van der Waals surface area contributed by atoms with E-state index in [1.54, 1.807) is 17.8 Å². The molecule has 0 aromatic heterocycles. The molecule has 1 amide bonds. The minimum Gasteiger partial charge on any atom is -0.339 e. The summed E-state index contributed by atoms with van der Waals surface area (Å²) in [5.74, 6) is 0.0341. The van der Waals surface area contributed by atoms with Gasteiger partial charge < -0.3 is 4.90 Å². The van der Waals surface area contributed by atoms with E-state index in [0.29, 0.717) is 10.6 Å². The third kappa shape index (κ3) is 3.92. The molecule has 0 atom stereocenters. The molecule has 0 saturated carbocycles. The average molecular weight is 286 g/mol. The van der Waals surface area contributed by atoms with Gasteiger partial charge in [0.15, 0.2) is 0 Å². The first-order valence-electron chi connectivity index (χ1n) is 6.26. The normalized spacial score (nSPS) is 10.4. The molecular formula is C14H20ClNOS. The first kappa shape index (κ1) is 15.4. The summed E-state index contributed by atoms with van der Waals surface area (Å²) >= 11 is 7.74. The van der Waals surface area contributed by atoms with Gasteiger partial charge in [-0.1, -0.05) is 24.9 Å². The van der Waals surface area contributed by atoms with E-state index >= 15 is 0 Å². The van der Waals surface area contributed by atoms with Gasteiger partial charge in [-0.2, -0.15) is 0 Å². The van der Waals surface area contributed by atoms with Gasteiger partial charge >= 0.3 is 0 Å². The van der Waals surface area contributed by atoms with E-state index in [4.69, 9.17) is 11.6 Å². The van der Waals surface area contributed by atoms with Gasteiger partial charge in [0.2, 0.25) is 0 Å². The monoisotopic (exact) mass is 285 g/mol. The lowest BCUT2D eigenvalue weighted by Crippen LogP contribution is -2.31. The zero-order valence-electron chi connectivity index (χ0n) is 11.2. The lowest BCUT2D eigenvalue weighted by molar-refractivity contribution is 0.0762. The number of hydrogen-bond donors (Lipinski definition) is 0. The second-order valence-corrected chi connectivity index (χ2v) is 5.37. The second-order valence-electron chi connectivity index (χ2n) is 4.08. The van der Waals surface area contributed by atoms with Crippen molar-refractivity contribution in [1.82, 2.24) is 4.90 Å². The van der Waals surface area contributed by atoms with Gasteiger partial charge in [-0.25, -0.2) is 0 Å². The molecule has 0 saturated heterocycles. The van der Waals surface area contributed by atoms with Crippen LogP contribution in [0.3, 0.4) is 0 Å². The van der Waals surface area contributed by atoms with Crippen molar-refractivity contribution in [2.24, 2.45) is 0 Å². The average Bonchev–Trinajstić information content (AvgIpc) is 2.40. The Hall–Kier alpha value is -0.670. The smallest absolute Gasteiger partial charge is 0.255 e. The summed E-state index contributed by atoms with van der Waals surface area (Å²) in [6.45, 7) is 5.64. The van der Waals surface area contributed by atoms with Crippen LogP contribution in [-0.4, -0.2) is 30.2 Å². The molecule has 100 valence electrons. The van der Waals surface area contributed by atoms with Gasteiger partial charge in [0, 0.05) is 18.0 Å².